The first-order valence-electron chi connectivity index (χ1n) is 4.35. The van der Waals surface area contributed by atoms with Crippen molar-refractivity contribution in [2.75, 3.05) is 0 Å². The molecule has 0 bridgehead atoms. The number of H-pyrrole nitrogens is 1. The molecule has 0 amide bonds. The van der Waals surface area contributed by atoms with Gasteiger partial charge in [0.15, 0.2) is 5.65 Å². The number of fused-ring (bicyclic) bond motifs is 1. The van der Waals surface area contributed by atoms with E-state index in [1.54, 1.807) is 0 Å². The summed E-state index contributed by atoms with van der Waals surface area (Å²) >= 11 is 0. The molecule has 9 heteroatoms. The molecule has 2 aromatic rings. The van der Waals surface area contributed by atoms with Crippen molar-refractivity contribution in [2.45, 2.75) is 6.54 Å². The third-order valence-corrected chi connectivity index (χ3v) is 2.20. The first kappa shape index (κ1) is 13.7. The quantitative estimate of drug-likeness (QED) is 0.530. The first-order chi connectivity index (χ1) is 7.52. The summed E-state index contributed by atoms with van der Waals surface area (Å²) in [6.07, 6.45) is 1.26. The Bertz CT molecular complexity index is 683. The largest absolute Gasteiger partial charge is 1.00 e. The zero-order valence-corrected chi connectivity index (χ0v) is 11.3. The van der Waals surface area contributed by atoms with Gasteiger partial charge < -0.3 is 14.9 Å². The van der Waals surface area contributed by atoms with E-state index in [1.165, 1.54) is 13.4 Å². The molecule has 17 heavy (non-hydrogen) atoms. The number of aromatic amines is 1. The number of nitrogens with zero attached hydrogens (tertiary/aromatic N) is 3. The molecule has 0 fully saturated rings. The van der Waals surface area contributed by atoms with Crippen molar-refractivity contribution in [1.29, 1.82) is 0 Å². The van der Waals surface area contributed by atoms with Crippen molar-refractivity contribution in [3.05, 3.63) is 27.2 Å². The predicted octanol–water partition coefficient (Wildman–Crippen LogP) is -5.82. The normalized spacial score (nSPS) is 10.2. The molecule has 0 spiro atoms. The fourth-order valence-corrected chi connectivity index (χ4v) is 1.46. The molecule has 0 aromatic carbocycles. The molecule has 8 nitrogen and oxygen atoms in total. The fraction of sp³-hybridized carbons (Fsp3) is 0.250. The summed E-state index contributed by atoms with van der Waals surface area (Å²) in [6.45, 7) is -0.777. The number of rotatable bonds is 2. The first-order valence-corrected chi connectivity index (χ1v) is 4.35. The number of imidazole rings is 1. The van der Waals surface area contributed by atoms with Crippen LogP contribution in [0.5, 0.6) is 0 Å². The van der Waals surface area contributed by atoms with Gasteiger partial charge in [-0.15, -0.1) is 0 Å². The molecule has 0 radical (unpaired) electrons. The van der Waals surface area contributed by atoms with Crippen molar-refractivity contribution in [2.24, 2.45) is 7.05 Å². The second kappa shape index (κ2) is 4.86. The zero-order valence-electron chi connectivity index (χ0n) is 9.26. The van der Waals surface area contributed by atoms with Gasteiger partial charge in [0, 0.05) is 7.05 Å². The number of nitrogens with one attached hydrogen (secondary N) is 1. The average molecular weight is 246 g/mol. The van der Waals surface area contributed by atoms with Crippen LogP contribution in [0.25, 0.3) is 11.2 Å². The minimum atomic E-state index is -1.50. The van der Waals surface area contributed by atoms with Gasteiger partial charge in [0.2, 0.25) is 0 Å². The standard InChI is InChI=1S/C8H8N4O4.Na/c1-11-6-5(9-3-10-6)7(15)12(8(11)16)2-4(13)14;/h3H,2H2,1H3,(H,9,10)(H,13,14);/q;+1/p-1. The van der Waals surface area contributed by atoms with E-state index in [4.69, 9.17) is 0 Å². The third-order valence-electron chi connectivity index (χ3n) is 2.20. The molecule has 0 unspecified atom stereocenters. The van der Waals surface area contributed by atoms with Crippen LogP contribution in [0.4, 0.5) is 0 Å². The zero-order chi connectivity index (χ0) is 11.9. The molecule has 0 atom stereocenters. The number of aryl methyl sites for hydroxylation is 1. The molecule has 0 aliphatic carbocycles. The number of carboxylic acids is 1. The van der Waals surface area contributed by atoms with Gasteiger partial charge in [-0.2, -0.15) is 0 Å². The molecule has 0 aliphatic heterocycles. The summed E-state index contributed by atoms with van der Waals surface area (Å²) < 4.78 is 1.67. The van der Waals surface area contributed by atoms with Gasteiger partial charge >= 0.3 is 35.2 Å². The van der Waals surface area contributed by atoms with E-state index in [0.29, 0.717) is 4.57 Å². The molecular formula is C8H7N4NaO4. The Hall–Kier alpha value is -1.38. The predicted molar refractivity (Wildman–Crippen MR) is 50.6 cm³/mol. The van der Waals surface area contributed by atoms with Crippen molar-refractivity contribution >= 4 is 17.1 Å². The molecule has 84 valence electrons. The summed E-state index contributed by atoms with van der Waals surface area (Å²) in [5.41, 5.74) is -1.19. The van der Waals surface area contributed by atoms with Gasteiger partial charge in [0.25, 0.3) is 5.56 Å². The van der Waals surface area contributed by atoms with Crippen LogP contribution >= 0.6 is 0 Å². The Labute approximate surface area is 116 Å². The summed E-state index contributed by atoms with van der Waals surface area (Å²) in [5, 5.41) is 10.4. The monoisotopic (exact) mass is 246 g/mol. The topological polar surface area (TPSA) is 113 Å². The number of hydrogen-bond acceptors (Lipinski definition) is 5. The van der Waals surface area contributed by atoms with Crippen LogP contribution in [0.15, 0.2) is 15.9 Å². The van der Waals surface area contributed by atoms with Gasteiger partial charge in [0.05, 0.1) is 18.8 Å². The van der Waals surface area contributed by atoms with Crippen LogP contribution in [0, 0.1) is 0 Å². The number of aromatic nitrogens is 4. The summed E-state index contributed by atoms with van der Waals surface area (Å²) in [6, 6.07) is 0. The Balaban J connectivity index is 0.00000144. The van der Waals surface area contributed by atoms with Crippen LogP contribution in [0.2, 0.25) is 0 Å². The third kappa shape index (κ3) is 2.19. The van der Waals surface area contributed by atoms with Crippen molar-refractivity contribution in [3.63, 3.8) is 0 Å². The molecule has 2 aromatic heterocycles. The summed E-state index contributed by atoms with van der Waals surface area (Å²) in [7, 11) is 1.40. The van der Waals surface area contributed by atoms with Crippen LogP contribution < -0.4 is 45.9 Å². The Morgan fingerprint density at radius 2 is 2.18 bits per heavy atom. The minimum absolute atomic E-state index is 0. The number of carbonyl (C=O) groups excluding carboxylic acids is 1. The molecule has 0 aliphatic rings. The van der Waals surface area contributed by atoms with Crippen LogP contribution in [-0.4, -0.2) is 25.1 Å². The Morgan fingerprint density at radius 3 is 2.76 bits per heavy atom. The SMILES string of the molecule is Cn1c(=O)n(CC(=O)[O-])c(=O)c2[nH]cnc21.[Na+]. The average Bonchev–Trinajstić information content (AvgIpc) is 2.70. The van der Waals surface area contributed by atoms with Gasteiger partial charge in [-0.3, -0.25) is 13.9 Å². The summed E-state index contributed by atoms with van der Waals surface area (Å²) in [5.74, 6) is -1.50. The second-order valence-corrected chi connectivity index (χ2v) is 3.21. The minimum Gasteiger partial charge on any atom is -0.548 e. The molecule has 0 saturated carbocycles. The molecule has 2 heterocycles. The van der Waals surface area contributed by atoms with Gasteiger partial charge in [-0.25, -0.2) is 9.78 Å². The second-order valence-electron chi connectivity index (χ2n) is 3.21. The van der Waals surface area contributed by atoms with Crippen molar-refractivity contribution in [1.82, 2.24) is 19.1 Å². The number of aliphatic carboxylic acids is 1. The van der Waals surface area contributed by atoms with E-state index in [-0.39, 0.29) is 40.7 Å². The van der Waals surface area contributed by atoms with Crippen LogP contribution in [0.1, 0.15) is 0 Å². The van der Waals surface area contributed by atoms with Crippen LogP contribution in [0.3, 0.4) is 0 Å². The summed E-state index contributed by atoms with van der Waals surface area (Å²) in [4.78, 5) is 40.1. The van der Waals surface area contributed by atoms with Crippen molar-refractivity contribution < 1.29 is 39.5 Å². The van der Waals surface area contributed by atoms with E-state index in [2.05, 4.69) is 9.97 Å². The van der Waals surface area contributed by atoms with Crippen LogP contribution in [-0.2, 0) is 18.4 Å². The molecule has 2 rings (SSSR count). The maximum absolute atomic E-state index is 11.7. The maximum atomic E-state index is 11.7. The van der Waals surface area contributed by atoms with E-state index in [0.717, 1.165) is 4.57 Å². The fourth-order valence-electron chi connectivity index (χ4n) is 1.46. The number of carboxylic acid groups (broad SMARTS) is 1. The van der Waals surface area contributed by atoms with Gasteiger partial charge in [0.1, 0.15) is 5.52 Å². The molecule has 0 saturated heterocycles. The van der Waals surface area contributed by atoms with Crippen molar-refractivity contribution in [3.8, 4) is 0 Å². The smallest absolute Gasteiger partial charge is 0.548 e. The van der Waals surface area contributed by atoms with E-state index in [1.807, 2.05) is 0 Å². The molecule has 1 N–H and O–H groups in total. The van der Waals surface area contributed by atoms with E-state index in [9.17, 15) is 19.5 Å². The number of carbonyl (C=O) groups is 1. The van der Waals surface area contributed by atoms with E-state index < -0.39 is 23.8 Å². The van der Waals surface area contributed by atoms with Gasteiger partial charge in [-0.1, -0.05) is 0 Å². The Kier molecular flexibility index (Phi) is 3.91. The number of hydrogen-bond donors (Lipinski definition) is 1. The molecular weight excluding hydrogens is 239 g/mol. The van der Waals surface area contributed by atoms with E-state index >= 15 is 0 Å². The maximum Gasteiger partial charge on any atom is 1.00 e. The Morgan fingerprint density at radius 1 is 1.53 bits per heavy atom. The van der Waals surface area contributed by atoms with Gasteiger partial charge in [-0.05, 0) is 0 Å².